The molecule has 182 valence electrons. The van der Waals surface area contributed by atoms with Gasteiger partial charge in [0.15, 0.2) is 5.96 Å². The summed E-state index contributed by atoms with van der Waals surface area (Å²) in [7, 11) is 3.53. The maximum absolute atomic E-state index is 5.33. The van der Waals surface area contributed by atoms with Crippen LogP contribution in [0, 0.1) is 0 Å². The van der Waals surface area contributed by atoms with Crippen molar-refractivity contribution in [2.75, 3.05) is 33.8 Å². The van der Waals surface area contributed by atoms with E-state index in [1.165, 1.54) is 29.5 Å². The van der Waals surface area contributed by atoms with Crippen LogP contribution in [-0.2, 0) is 13.1 Å². The Kier molecular flexibility index (Phi) is 10.2. The third-order valence-corrected chi connectivity index (χ3v) is 6.18. The fourth-order valence-electron chi connectivity index (χ4n) is 4.29. The van der Waals surface area contributed by atoms with Gasteiger partial charge in [0.1, 0.15) is 5.75 Å². The Bertz CT molecular complexity index is 999. The van der Waals surface area contributed by atoms with Crippen LogP contribution in [0.1, 0.15) is 35.6 Å². The van der Waals surface area contributed by atoms with Crippen LogP contribution in [-0.4, -0.2) is 54.2 Å². The number of methoxy groups -OCH3 is 1. The number of benzene rings is 2. The van der Waals surface area contributed by atoms with Crippen molar-refractivity contribution in [1.29, 1.82) is 0 Å². The van der Waals surface area contributed by atoms with E-state index in [0.29, 0.717) is 6.04 Å². The van der Waals surface area contributed by atoms with Crippen LogP contribution in [0.3, 0.4) is 0 Å². The molecule has 34 heavy (non-hydrogen) atoms. The molecule has 2 N–H and O–H groups in total. The Balaban J connectivity index is 0.00000324. The van der Waals surface area contributed by atoms with Crippen molar-refractivity contribution in [3.63, 3.8) is 0 Å². The molecule has 1 fully saturated rings. The van der Waals surface area contributed by atoms with Gasteiger partial charge in [-0.05, 0) is 54.8 Å². The molecule has 1 atom stereocenters. The molecule has 1 unspecified atom stereocenters. The molecule has 0 bridgehead atoms. The smallest absolute Gasteiger partial charge is 0.191 e. The highest BCUT2D eigenvalue weighted by atomic mass is 127. The second-order valence-corrected chi connectivity index (χ2v) is 8.39. The quantitative estimate of drug-likeness (QED) is 0.229. The highest BCUT2D eigenvalue weighted by Crippen LogP contribution is 2.26. The number of aromatic nitrogens is 2. The summed E-state index contributed by atoms with van der Waals surface area (Å²) in [5, 5.41) is 6.99. The average molecular weight is 575 g/mol. The Hall–Kier alpha value is -2.59. The third kappa shape index (κ3) is 7.20. The van der Waals surface area contributed by atoms with E-state index in [2.05, 4.69) is 66.5 Å². The summed E-state index contributed by atoms with van der Waals surface area (Å²) >= 11 is 0. The Morgan fingerprint density at radius 3 is 2.35 bits per heavy atom. The van der Waals surface area contributed by atoms with Crippen LogP contribution < -0.4 is 15.4 Å². The monoisotopic (exact) mass is 574 g/mol. The molecule has 0 saturated carbocycles. The van der Waals surface area contributed by atoms with Crippen molar-refractivity contribution in [3.05, 3.63) is 83.9 Å². The van der Waals surface area contributed by atoms with Gasteiger partial charge in [-0.1, -0.05) is 36.4 Å². The molecule has 1 saturated heterocycles. The minimum absolute atomic E-state index is 0. The maximum atomic E-state index is 5.33. The van der Waals surface area contributed by atoms with Crippen molar-refractivity contribution in [1.82, 2.24) is 25.1 Å². The summed E-state index contributed by atoms with van der Waals surface area (Å²) in [4.78, 5) is 11.1. The lowest BCUT2D eigenvalue weighted by Crippen LogP contribution is -2.42. The van der Waals surface area contributed by atoms with Gasteiger partial charge in [0.05, 0.1) is 19.5 Å². The highest BCUT2D eigenvalue weighted by Gasteiger charge is 2.23. The molecule has 0 aliphatic carbocycles. The fraction of sp³-hybridized carbons (Fsp3) is 0.385. The Labute approximate surface area is 219 Å². The third-order valence-electron chi connectivity index (χ3n) is 6.18. The number of likely N-dealkylation sites (tertiary alicyclic amines) is 1. The molecule has 1 aromatic heterocycles. The van der Waals surface area contributed by atoms with Crippen molar-refractivity contribution in [2.24, 2.45) is 4.99 Å². The number of nitrogens with zero attached hydrogens (tertiary/aromatic N) is 4. The van der Waals surface area contributed by atoms with Gasteiger partial charge in [-0.2, -0.15) is 0 Å². The van der Waals surface area contributed by atoms with Crippen LogP contribution in [0.2, 0.25) is 0 Å². The van der Waals surface area contributed by atoms with E-state index in [4.69, 9.17) is 4.74 Å². The lowest BCUT2D eigenvalue weighted by molar-refractivity contribution is 0.245. The molecule has 2 heterocycles. The van der Waals surface area contributed by atoms with Crippen molar-refractivity contribution in [3.8, 4) is 5.75 Å². The first-order chi connectivity index (χ1) is 16.2. The van der Waals surface area contributed by atoms with Crippen LogP contribution in [0.4, 0.5) is 0 Å². The zero-order valence-electron chi connectivity index (χ0n) is 20.0. The zero-order chi connectivity index (χ0) is 22.9. The SMILES string of the molecule is CN=C(NCc1ccc(Cn2ccnc2)cc1)NCC(c1ccc(OC)cc1)N1CCCC1.I. The Morgan fingerprint density at radius 2 is 1.74 bits per heavy atom. The van der Waals surface area contributed by atoms with Gasteiger partial charge in [0, 0.05) is 39.1 Å². The van der Waals surface area contributed by atoms with E-state index in [9.17, 15) is 0 Å². The number of hydrogen-bond donors (Lipinski definition) is 2. The van der Waals surface area contributed by atoms with E-state index >= 15 is 0 Å². The minimum Gasteiger partial charge on any atom is -0.497 e. The van der Waals surface area contributed by atoms with Crippen molar-refractivity contribution in [2.45, 2.75) is 32.0 Å². The zero-order valence-corrected chi connectivity index (χ0v) is 22.3. The lowest BCUT2D eigenvalue weighted by atomic mass is 10.1. The Morgan fingerprint density at radius 1 is 1.03 bits per heavy atom. The van der Waals surface area contributed by atoms with E-state index < -0.39 is 0 Å². The molecule has 2 aromatic carbocycles. The number of rotatable bonds is 9. The van der Waals surface area contributed by atoms with Gasteiger partial charge in [-0.3, -0.25) is 9.89 Å². The number of guanidine groups is 1. The summed E-state index contributed by atoms with van der Waals surface area (Å²) < 4.78 is 7.40. The standard InChI is InChI=1S/C26H34N6O.HI/c1-27-26(29-17-21-5-7-22(8-6-21)19-31-16-13-28-20-31)30-18-25(32-14-3-4-15-32)23-9-11-24(33-2)12-10-23;/h5-13,16,20,25H,3-4,14-15,17-19H2,1-2H3,(H2,27,29,30);1H. The maximum Gasteiger partial charge on any atom is 0.191 e. The van der Waals surface area contributed by atoms with Gasteiger partial charge in [-0.15, -0.1) is 24.0 Å². The largest absolute Gasteiger partial charge is 0.497 e. The average Bonchev–Trinajstić information content (AvgIpc) is 3.57. The van der Waals surface area contributed by atoms with Gasteiger partial charge >= 0.3 is 0 Å². The second kappa shape index (κ2) is 13.3. The first-order valence-electron chi connectivity index (χ1n) is 11.6. The van der Waals surface area contributed by atoms with Gasteiger partial charge < -0.3 is 19.9 Å². The summed E-state index contributed by atoms with van der Waals surface area (Å²) in [5.74, 6) is 1.70. The summed E-state index contributed by atoms with van der Waals surface area (Å²) in [6.07, 6.45) is 8.14. The van der Waals surface area contributed by atoms with Crippen LogP contribution in [0.5, 0.6) is 5.75 Å². The van der Waals surface area contributed by atoms with E-state index in [1.54, 1.807) is 13.3 Å². The summed E-state index contributed by atoms with van der Waals surface area (Å²) in [5.41, 5.74) is 3.78. The molecule has 3 aromatic rings. The first-order valence-corrected chi connectivity index (χ1v) is 11.6. The number of halogens is 1. The predicted molar refractivity (Wildman–Crippen MR) is 148 cm³/mol. The molecule has 8 heteroatoms. The number of aliphatic imine (C=N–C) groups is 1. The van der Waals surface area contributed by atoms with Crippen molar-refractivity contribution < 1.29 is 4.74 Å². The van der Waals surface area contributed by atoms with E-state index in [1.807, 2.05) is 31.7 Å². The lowest BCUT2D eigenvalue weighted by Gasteiger charge is -2.29. The molecule has 0 spiro atoms. The fourth-order valence-corrected chi connectivity index (χ4v) is 4.29. The van der Waals surface area contributed by atoms with E-state index in [0.717, 1.165) is 44.4 Å². The molecule has 4 rings (SSSR count). The first kappa shape index (κ1) is 26.0. The summed E-state index contributed by atoms with van der Waals surface area (Å²) in [6.45, 7) is 4.63. The molecule has 1 aliphatic heterocycles. The highest BCUT2D eigenvalue weighted by molar-refractivity contribution is 14.0. The molecule has 0 radical (unpaired) electrons. The number of ether oxygens (including phenoxy) is 1. The van der Waals surface area contributed by atoms with Gasteiger partial charge in [-0.25, -0.2) is 4.98 Å². The predicted octanol–water partition coefficient (Wildman–Crippen LogP) is 4.06. The molecule has 1 aliphatic rings. The van der Waals surface area contributed by atoms with Crippen LogP contribution in [0.15, 0.2) is 72.2 Å². The summed E-state index contributed by atoms with van der Waals surface area (Å²) in [6, 6.07) is 17.4. The molecule has 7 nitrogen and oxygen atoms in total. The number of hydrogen-bond acceptors (Lipinski definition) is 4. The van der Waals surface area contributed by atoms with E-state index in [-0.39, 0.29) is 24.0 Å². The second-order valence-electron chi connectivity index (χ2n) is 8.39. The van der Waals surface area contributed by atoms with Crippen molar-refractivity contribution >= 4 is 29.9 Å². The molecular weight excluding hydrogens is 539 g/mol. The van der Waals surface area contributed by atoms with Crippen LogP contribution in [0.25, 0.3) is 0 Å². The van der Waals surface area contributed by atoms with Crippen LogP contribution >= 0.6 is 24.0 Å². The topological polar surface area (TPSA) is 66.7 Å². The van der Waals surface area contributed by atoms with Gasteiger partial charge in [0.2, 0.25) is 0 Å². The molecular formula is C26H35IN6O. The van der Waals surface area contributed by atoms with Gasteiger partial charge in [0.25, 0.3) is 0 Å². The minimum atomic E-state index is 0. The number of nitrogens with one attached hydrogen (secondary N) is 2. The normalized spacial score (nSPS) is 14.9. The number of imidazole rings is 1. The molecule has 0 amide bonds.